The Kier molecular flexibility index (Phi) is 11.9. The Hall–Kier alpha value is -3.57. The van der Waals surface area contributed by atoms with Crippen LogP contribution in [0.25, 0.3) is 0 Å². The fourth-order valence-electron chi connectivity index (χ4n) is 3.47. The van der Waals surface area contributed by atoms with E-state index in [9.17, 15) is 24.3 Å². The van der Waals surface area contributed by atoms with Crippen LogP contribution in [0.15, 0.2) is 54.6 Å². The number of benzene rings is 2. The Bertz CT molecular complexity index is 1050. The van der Waals surface area contributed by atoms with Crippen molar-refractivity contribution >= 4 is 35.5 Å². The van der Waals surface area contributed by atoms with Crippen molar-refractivity contribution in [3.8, 4) is 5.75 Å². The van der Waals surface area contributed by atoms with Gasteiger partial charge in [0.25, 0.3) is 0 Å². The minimum Gasteiger partial charge on any atom is -0.508 e. The number of hydrogen-bond donors (Lipinski definition) is 6. The molecule has 0 aromatic heterocycles. The van der Waals surface area contributed by atoms with Gasteiger partial charge in [-0.05, 0) is 55.0 Å². The summed E-state index contributed by atoms with van der Waals surface area (Å²) in [4.78, 5) is 50.1. The third-order valence-electron chi connectivity index (χ3n) is 5.62. The summed E-state index contributed by atoms with van der Waals surface area (Å²) in [5.41, 5.74) is 7.60. The quantitative estimate of drug-likeness (QED) is 0.208. The van der Waals surface area contributed by atoms with Crippen molar-refractivity contribution in [3.05, 3.63) is 65.7 Å². The fourth-order valence-corrected chi connectivity index (χ4v) is 3.94. The third kappa shape index (κ3) is 10.1. The molecule has 0 aliphatic rings. The summed E-state index contributed by atoms with van der Waals surface area (Å²) in [7, 11) is 0. The first-order valence-corrected chi connectivity index (χ1v) is 13.2. The molecule has 0 aliphatic heterocycles. The van der Waals surface area contributed by atoms with Crippen LogP contribution in [0.3, 0.4) is 0 Å². The minimum absolute atomic E-state index is 0.0416. The molecule has 7 N–H and O–H groups in total. The zero-order chi connectivity index (χ0) is 27.4. The lowest BCUT2D eigenvalue weighted by Gasteiger charge is -2.25. The fraction of sp³-hybridized carbons (Fsp3) is 0.385. The number of phenols is 1. The van der Waals surface area contributed by atoms with Gasteiger partial charge in [0, 0.05) is 6.42 Å². The Labute approximate surface area is 220 Å². The molecule has 0 heterocycles. The molecule has 0 spiro atoms. The number of carbonyl (C=O) groups excluding carboxylic acids is 3. The highest BCUT2D eigenvalue weighted by Gasteiger charge is 2.29. The number of aromatic hydroxyl groups is 1. The summed E-state index contributed by atoms with van der Waals surface area (Å²) in [6.07, 6.45) is 2.51. The van der Waals surface area contributed by atoms with Gasteiger partial charge < -0.3 is 31.9 Å². The molecule has 200 valence electrons. The Morgan fingerprint density at radius 1 is 0.838 bits per heavy atom. The van der Waals surface area contributed by atoms with E-state index in [1.165, 1.54) is 30.8 Å². The Morgan fingerprint density at radius 2 is 1.41 bits per heavy atom. The van der Waals surface area contributed by atoms with Crippen LogP contribution < -0.4 is 21.7 Å². The van der Waals surface area contributed by atoms with Gasteiger partial charge in [0.05, 0.1) is 6.04 Å². The van der Waals surface area contributed by atoms with Gasteiger partial charge in [-0.25, -0.2) is 0 Å². The monoisotopic (exact) mass is 530 g/mol. The lowest BCUT2D eigenvalue weighted by Crippen LogP contribution is -2.57. The Balaban J connectivity index is 2.16. The molecule has 0 aliphatic carbocycles. The van der Waals surface area contributed by atoms with Crippen LogP contribution in [0.2, 0.25) is 0 Å². The SMILES string of the molecule is CSCCC(NC(=O)C(N)Cc1ccccc1)C(=O)NC(Cc1ccc(O)cc1)C(=O)NC(C)C(=O)O. The minimum atomic E-state index is -1.22. The van der Waals surface area contributed by atoms with Gasteiger partial charge in [-0.2, -0.15) is 11.8 Å². The topological polar surface area (TPSA) is 171 Å². The summed E-state index contributed by atoms with van der Waals surface area (Å²) in [6, 6.07) is 11.2. The maximum atomic E-state index is 13.2. The lowest BCUT2D eigenvalue weighted by molar-refractivity contribution is -0.141. The van der Waals surface area contributed by atoms with Crippen LogP contribution in [0.5, 0.6) is 5.75 Å². The maximum absolute atomic E-state index is 13.2. The number of carbonyl (C=O) groups is 4. The molecule has 4 unspecified atom stereocenters. The van der Waals surface area contributed by atoms with E-state index in [2.05, 4.69) is 16.0 Å². The first-order valence-electron chi connectivity index (χ1n) is 11.8. The van der Waals surface area contributed by atoms with E-state index in [1.807, 2.05) is 36.6 Å². The predicted octanol–water partition coefficient (Wildman–Crippen LogP) is 0.817. The van der Waals surface area contributed by atoms with E-state index in [1.54, 1.807) is 12.1 Å². The standard InChI is InChI=1S/C26H34N4O6S/c1-16(26(35)36)28-25(34)22(15-18-8-10-19(31)11-9-18)30-24(33)21(12-13-37-2)29-23(32)20(27)14-17-6-4-3-5-7-17/h3-11,16,20-22,31H,12-15,27H2,1-2H3,(H,28,34)(H,29,32)(H,30,33)(H,35,36). The van der Waals surface area contributed by atoms with Crippen LogP contribution in [0, 0.1) is 0 Å². The van der Waals surface area contributed by atoms with Crippen molar-refractivity contribution in [2.24, 2.45) is 5.73 Å². The van der Waals surface area contributed by atoms with Crippen molar-refractivity contribution in [1.29, 1.82) is 0 Å². The Morgan fingerprint density at radius 3 is 2.00 bits per heavy atom. The second-order valence-corrected chi connectivity index (χ2v) is 9.62. The molecule has 10 nitrogen and oxygen atoms in total. The van der Waals surface area contributed by atoms with Crippen LogP contribution in [0.4, 0.5) is 0 Å². The summed E-state index contributed by atoms with van der Waals surface area (Å²) >= 11 is 1.50. The molecule has 2 rings (SSSR count). The lowest BCUT2D eigenvalue weighted by atomic mass is 10.0. The first kappa shape index (κ1) is 29.7. The molecule has 2 aromatic rings. The predicted molar refractivity (Wildman–Crippen MR) is 142 cm³/mol. The normalized spacial score (nSPS) is 14.0. The maximum Gasteiger partial charge on any atom is 0.325 e. The van der Waals surface area contributed by atoms with E-state index in [-0.39, 0.29) is 12.2 Å². The molecule has 0 fully saturated rings. The van der Waals surface area contributed by atoms with Gasteiger partial charge in [0.1, 0.15) is 23.9 Å². The number of carboxylic acids is 1. The van der Waals surface area contributed by atoms with Crippen molar-refractivity contribution in [2.45, 2.75) is 50.4 Å². The van der Waals surface area contributed by atoms with E-state index >= 15 is 0 Å². The molecule has 0 radical (unpaired) electrons. The van der Waals surface area contributed by atoms with Gasteiger partial charge in [-0.3, -0.25) is 19.2 Å². The molecule has 4 atom stereocenters. The molecule has 37 heavy (non-hydrogen) atoms. The van der Waals surface area contributed by atoms with Crippen molar-refractivity contribution in [1.82, 2.24) is 16.0 Å². The van der Waals surface area contributed by atoms with E-state index in [0.717, 1.165) is 5.56 Å². The third-order valence-corrected chi connectivity index (χ3v) is 6.26. The van der Waals surface area contributed by atoms with Crippen molar-refractivity contribution < 1.29 is 29.4 Å². The molecular weight excluding hydrogens is 496 g/mol. The number of aliphatic carboxylic acids is 1. The number of amides is 3. The highest BCUT2D eigenvalue weighted by Crippen LogP contribution is 2.12. The summed E-state index contributed by atoms with van der Waals surface area (Å²) in [6.45, 7) is 1.31. The molecule has 2 aromatic carbocycles. The van der Waals surface area contributed by atoms with Gasteiger partial charge in [0.15, 0.2) is 0 Å². The van der Waals surface area contributed by atoms with Gasteiger partial charge in [-0.15, -0.1) is 0 Å². The van der Waals surface area contributed by atoms with E-state index < -0.39 is 47.9 Å². The van der Waals surface area contributed by atoms with Crippen LogP contribution in [-0.4, -0.2) is 70.1 Å². The first-order chi connectivity index (χ1) is 17.6. The molecule has 0 saturated heterocycles. The van der Waals surface area contributed by atoms with E-state index in [4.69, 9.17) is 10.8 Å². The second kappa shape index (κ2) is 14.9. The molecule has 0 saturated carbocycles. The zero-order valence-electron chi connectivity index (χ0n) is 20.8. The zero-order valence-corrected chi connectivity index (χ0v) is 21.7. The number of hydrogen-bond acceptors (Lipinski definition) is 7. The van der Waals surface area contributed by atoms with E-state index in [0.29, 0.717) is 24.2 Å². The largest absolute Gasteiger partial charge is 0.508 e. The average molecular weight is 531 g/mol. The summed E-state index contributed by atoms with van der Waals surface area (Å²) in [5, 5.41) is 26.4. The molecule has 3 amide bonds. The van der Waals surface area contributed by atoms with Crippen molar-refractivity contribution in [2.75, 3.05) is 12.0 Å². The van der Waals surface area contributed by atoms with Gasteiger partial charge >= 0.3 is 5.97 Å². The number of nitrogens with two attached hydrogens (primary N) is 1. The number of rotatable bonds is 14. The number of thioether (sulfide) groups is 1. The summed E-state index contributed by atoms with van der Waals surface area (Å²) < 4.78 is 0. The molecule has 0 bridgehead atoms. The average Bonchev–Trinajstić information content (AvgIpc) is 2.87. The number of nitrogens with one attached hydrogen (secondary N) is 3. The van der Waals surface area contributed by atoms with Crippen molar-refractivity contribution in [3.63, 3.8) is 0 Å². The van der Waals surface area contributed by atoms with Crippen LogP contribution in [0.1, 0.15) is 24.5 Å². The molecular formula is C26H34N4O6S. The van der Waals surface area contributed by atoms with Gasteiger partial charge in [-0.1, -0.05) is 42.5 Å². The van der Waals surface area contributed by atoms with Gasteiger partial charge in [0.2, 0.25) is 17.7 Å². The number of phenolic OH excluding ortho intramolecular Hbond substituents is 1. The second-order valence-electron chi connectivity index (χ2n) is 8.64. The van der Waals surface area contributed by atoms with Crippen LogP contribution >= 0.6 is 11.8 Å². The van der Waals surface area contributed by atoms with Crippen LogP contribution in [-0.2, 0) is 32.0 Å². The smallest absolute Gasteiger partial charge is 0.325 e. The summed E-state index contributed by atoms with van der Waals surface area (Å²) in [5.74, 6) is -2.38. The number of carboxylic acid groups (broad SMARTS) is 1. The molecule has 11 heteroatoms. The highest BCUT2D eigenvalue weighted by molar-refractivity contribution is 7.98. The highest BCUT2D eigenvalue weighted by atomic mass is 32.2.